The van der Waals surface area contributed by atoms with E-state index >= 15 is 0 Å². The highest BCUT2D eigenvalue weighted by atomic mass is 32.1. The minimum Gasteiger partial charge on any atom is -0.491 e. The summed E-state index contributed by atoms with van der Waals surface area (Å²) in [5.41, 5.74) is 0.817. The van der Waals surface area contributed by atoms with E-state index in [0.717, 1.165) is 16.2 Å². The molecule has 3 rings (SSSR count). The van der Waals surface area contributed by atoms with Gasteiger partial charge in [0, 0.05) is 15.1 Å². The molecule has 0 spiro atoms. The van der Waals surface area contributed by atoms with E-state index in [2.05, 4.69) is 18.2 Å². The minimum atomic E-state index is -0.655. The molecule has 0 aliphatic rings. The zero-order chi connectivity index (χ0) is 14.8. The SMILES string of the molecule is CC(C)Oc1ccccc1C(O)c1cc2ccccc2s1. The molecule has 1 heterocycles. The molecule has 1 N–H and O–H groups in total. The van der Waals surface area contributed by atoms with Crippen LogP contribution in [0, 0.1) is 0 Å². The fraction of sp³-hybridized carbons (Fsp3) is 0.222. The second kappa shape index (κ2) is 5.88. The van der Waals surface area contributed by atoms with Gasteiger partial charge in [0.15, 0.2) is 0 Å². The van der Waals surface area contributed by atoms with Crippen LogP contribution in [-0.4, -0.2) is 11.2 Å². The molecule has 2 aromatic carbocycles. The Bertz CT molecular complexity index is 713. The predicted octanol–water partition coefficient (Wildman–Crippen LogP) is 4.77. The average molecular weight is 298 g/mol. The highest BCUT2D eigenvalue weighted by Gasteiger charge is 2.18. The van der Waals surface area contributed by atoms with Crippen LogP contribution >= 0.6 is 11.3 Å². The largest absolute Gasteiger partial charge is 0.491 e. The quantitative estimate of drug-likeness (QED) is 0.751. The van der Waals surface area contributed by atoms with E-state index in [1.165, 1.54) is 10.1 Å². The van der Waals surface area contributed by atoms with Gasteiger partial charge in [-0.05, 0) is 37.4 Å². The third-order valence-electron chi connectivity index (χ3n) is 3.29. The van der Waals surface area contributed by atoms with E-state index in [4.69, 9.17) is 4.74 Å². The summed E-state index contributed by atoms with van der Waals surface area (Å²) in [6.45, 7) is 3.98. The third-order valence-corrected chi connectivity index (χ3v) is 4.46. The summed E-state index contributed by atoms with van der Waals surface area (Å²) < 4.78 is 7.00. The van der Waals surface area contributed by atoms with Gasteiger partial charge in [-0.25, -0.2) is 0 Å². The zero-order valence-electron chi connectivity index (χ0n) is 12.1. The summed E-state index contributed by atoms with van der Waals surface area (Å²) in [6.07, 6.45) is -0.571. The van der Waals surface area contributed by atoms with Crippen molar-refractivity contribution in [1.82, 2.24) is 0 Å². The van der Waals surface area contributed by atoms with Crippen molar-refractivity contribution in [3.63, 3.8) is 0 Å². The standard InChI is InChI=1S/C18H18O2S/c1-12(2)20-15-9-5-4-8-14(15)18(19)17-11-13-7-3-6-10-16(13)21-17/h3-12,18-19H,1-2H3. The minimum absolute atomic E-state index is 0.0840. The fourth-order valence-corrected chi connectivity index (χ4v) is 3.43. The normalized spacial score (nSPS) is 12.8. The summed E-state index contributed by atoms with van der Waals surface area (Å²) in [5.74, 6) is 0.748. The summed E-state index contributed by atoms with van der Waals surface area (Å²) >= 11 is 1.62. The topological polar surface area (TPSA) is 29.5 Å². The van der Waals surface area contributed by atoms with Crippen LogP contribution in [0.1, 0.15) is 30.4 Å². The Morgan fingerprint density at radius 3 is 2.48 bits per heavy atom. The molecule has 0 aliphatic heterocycles. The number of aliphatic hydroxyl groups excluding tert-OH is 1. The van der Waals surface area contributed by atoms with Gasteiger partial charge in [0.25, 0.3) is 0 Å². The monoisotopic (exact) mass is 298 g/mol. The first kappa shape index (κ1) is 14.1. The lowest BCUT2D eigenvalue weighted by molar-refractivity contribution is 0.200. The molecular formula is C18H18O2S. The van der Waals surface area contributed by atoms with Crippen LogP contribution in [0.4, 0.5) is 0 Å². The Morgan fingerprint density at radius 1 is 1.00 bits per heavy atom. The van der Waals surface area contributed by atoms with Gasteiger partial charge in [-0.3, -0.25) is 0 Å². The Hall–Kier alpha value is -1.84. The van der Waals surface area contributed by atoms with Crippen LogP contribution in [0.3, 0.4) is 0 Å². The molecule has 2 nitrogen and oxygen atoms in total. The molecule has 1 aromatic heterocycles. The smallest absolute Gasteiger partial charge is 0.125 e. The van der Waals surface area contributed by atoms with Crippen LogP contribution in [0.15, 0.2) is 54.6 Å². The van der Waals surface area contributed by atoms with Gasteiger partial charge in [0.05, 0.1) is 6.10 Å². The Morgan fingerprint density at radius 2 is 1.71 bits per heavy atom. The van der Waals surface area contributed by atoms with Gasteiger partial charge in [-0.1, -0.05) is 36.4 Å². The first-order valence-corrected chi connectivity index (χ1v) is 7.89. The molecule has 0 bridgehead atoms. The van der Waals surface area contributed by atoms with Crippen molar-refractivity contribution in [1.29, 1.82) is 0 Å². The Labute approximate surface area is 128 Å². The van der Waals surface area contributed by atoms with Crippen molar-refractivity contribution >= 4 is 21.4 Å². The fourth-order valence-electron chi connectivity index (χ4n) is 2.36. The van der Waals surface area contributed by atoms with E-state index in [9.17, 15) is 5.11 Å². The van der Waals surface area contributed by atoms with E-state index in [0.29, 0.717) is 0 Å². The highest BCUT2D eigenvalue weighted by Crippen LogP contribution is 2.36. The molecule has 0 radical (unpaired) electrons. The third kappa shape index (κ3) is 2.94. The first-order chi connectivity index (χ1) is 10.1. The first-order valence-electron chi connectivity index (χ1n) is 7.07. The Balaban J connectivity index is 1.99. The molecular weight excluding hydrogens is 280 g/mol. The molecule has 0 fully saturated rings. The van der Waals surface area contributed by atoms with Crippen molar-refractivity contribution < 1.29 is 9.84 Å². The number of hydrogen-bond donors (Lipinski definition) is 1. The Kier molecular flexibility index (Phi) is 3.95. The molecule has 0 amide bonds. The van der Waals surface area contributed by atoms with Gasteiger partial charge < -0.3 is 9.84 Å². The zero-order valence-corrected chi connectivity index (χ0v) is 12.9. The number of ether oxygens (including phenoxy) is 1. The second-order valence-corrected chi connectivity index (χ2v) is 6.41. The van der Waals surface area contributed by atoms with Gasteiger partial charge in [-0.15, -0.1) is 11.3 Å². The van der Waals surface area contributed by atoms with Gasteiger partial charge in [0.1, 0.15) is 11.9 Å². The summed E-state index contributed by atoms with van der Waals surface area (Å²) in [4.78, 5) is 0.941. The lowest BCUT2D eigenvalue weighted by atomic mass is 10.1. The van der Waals surface area contributed by atoms with Gasteiger partial charge in [-0.2, -0.15) is 0 Å². The van der Waals surface area contributed by atoms with Crippen molar-refractivity contribution in [3.05, 3.63) is 65.0 Å². The lowest BCUT2D eigenvalue weighted by Crippen LogP contribution is -2.09. The van der Waals surface area contributed by atoms with Crippen LogP contribution < -0.4 is 4.74 Å². The summed E-state index contributed by atoms with van der Waals surface area (Å²) in [6, 6.07) is 17.9. The number of aliphatic hydroxyl groups is 1. The molecule has 21 heavy (non-hydrogen) atoms. The second-order valence-electron chi connectivity index (χ2n) is 5.29. The molecule has 1 atom stereocenters. The maximum atomic E-state index is 10.7. The van der Waals surface area contributed by atoms with E-state index in [1.54, 1.807) is 11.3 Å². The van der Waals surface area contributed by atoms with Crippen molar-refractivity contribution in [2.75, 3.05) is 0 Å². The van der Waals surface area contributed by atoms with Crippen LogP contribution in [0.2, 0.25) is 0 Å². The van der Waals surface area contributed by atoms with E-state index in [-0.39, 0.29) is 6.10 Å². The lowest BCUT2D eigenvalue weighted by Gasteiger charge is -2.17. The van der Waals surface area contributed by atoms with Crippen molar-refractivity contribution in [2.24, 2.45) is 0 Å². The molecule has 0 saturated heterocycles. The van der Waals surface area contributed by atoms with E-state index in [1.807, 2.05) is 50.2 Å². The number of benzene rings is 2. The van der Waals surface area contributed by atoms with Crippen LogP contribution in [0.25, 0.3) is 10.1 Å². The van der Waals surface area contributed by atoms with Crippen LogP contribution in [-0.2, 0) is 0 Å². The van der Waals surface area contributed by atoms with Crippen LogP contribution in [0.5, 0.6) is 5.75 Å². The number of fused-ring (bicyclic) bond motifs is 1. The summed E-state index contributed by atoms with van der Waals surface area (Å²) in [7, 11) is 0. The van der Waals surface area contributed by atoms with E-state index < -0.39 is 6.10 Å². The molecule has 3 heteroatoms. The predicted molar refractivity (Wildman–Crippen MR) is 88.1 cm³/mol. The molecule has 3 aromatic rings. The van der Waals surface area contributed by atoms with Gasteiger partial charge >= 0.3 is 0 Å². The number of hydrogen-bond acceptors (Lipinski definition) is 3. The molecule has 108 valence electrons. The molecule has 1 unspecified atom stereocenters. The number of para-hydroxylation sites is 1. The number of rotatable bonds is 4. The molecule has 0 aliphatic carbocycles. The summed E-state index contributed by atoms with van der Waals surface area (Å²) in [5, 5.41) is 11.9. The molecule has 0 saturated carbocycles. The maximum absolute atomic E-state index is 10.7. The van der Waals surface area contributed by atoms with Gasteiger partial charge in [0.2, 0.25) is 0 Å². The maximum Gasteiger partial charge on any atom is 0.125 e. The van der Waals surface area contributed by atoms with Crippen molar-refractivity contribution in [3.8, 4) is 5.75 Å². The number of thiophene rings is 1. The highest BCUT2D eigenvalue weighted by molar-refractivity contribution is 7.19. The average Bonchev–Trinajstić information content (AvgIpc) is 2.90. The van der Waals surface area contributed by atoms with Crippen molar-refractivity contribution in [2.45, 2.75) is 26.1 Å².